The highest BCUT2D eigenvalue weighted by Gasteiger charge is 1.97. The van der Waals surface area contributed by atoms with Gasteiger partial charge in [0.1, 0.15) is 0 Å². The van der Waals surface area contributed by atoms with Crippen LogP contribution >= 0.6 is 0 Å². The molecule has 0 aliphatic carbocycles. The lowest BCUT2D eigenvalue weighted by molar-refractivity contribution is 0.975. The van der Waals surface area contributed by atoms with Crippen molar-refractivity contribution in [2.24, 2.45) is 0 Å². The molecule has 0 amide bonds. The molecule has 0 aliphatic rings. The molecule has 0 atom stereocenters. The van der Waals surface area contributed by atoms with Gasteiger partial charge in [-0.25, -0.2) is 0 Å². The van der Waals surface area contributed by atoms with Crippen LogP contribution in [0.1, 0.15) is 12.6 Å². The first-order valence-electron chi connectivity index (χ1n) is 3.28. The number of hydrogen-bond acceptors (Lipinski definition) is 2. The monoisotopic (exact) mass is 137 g/mol. The topological polar surface area (TPSA) is 40.7 Å². The van der Waals surface area contributed by atoms with Gasteiger partial charge < -0.3 is 5.32 Å². The summed E-state index contributed by atoms with van der Waals surface area (Å²) in [7, 11) is 0. The predicted octanol–water partition coefficient (Wildman–Crippen LogP) is 1.53. The minimum atomic E-state index is 0.955. The van der Waals surface area contributed by atoms with Gasteiger partial charge in [0.05, 0.1) is 17.6 Å². The molecular weight excluding hydrogens is 126 g/mol. The largest absolute Gasteiger partial charge is 0.360 e. The Morgan fingerprint density at radius 3 is 3.30 bits per heavy atom. The SMILES string of the molecule is C=CNc1cn[nH]c1CC. The Labute approximate surface area is 60.1 Å². The maximum absolute atomic E-state index is 3.88. The second-order valence-corrected chi connectivity index (χ2v) is 1.96. The van der Waals surface area contributed by atoms with Crippen molar-refractivity contribution in [2.45, 2.75) is 13.3 Å². The highest BCUT2D eigenvalue weighted by atomic mass is 15.1. The van der Waals surface area contributed by atoms with Crippen molar-refractivity contribution in [1.82, 2.24) is 10.2 Å². The van der Waals surface area contributed by atoms with Gasteiger partial charge >= 0.3 is 0 Å². The first-order valence-corrected chi connectivity index (χ1v) is 3.28. The highest BCUT2D eigenvalue weighted by molar-refractivity contribution is 5.47. The molecule has 0 unspecified atom stereocenters. The second kappa shape index (κ2) is 3.06. The van der Waals surface area contributed by atoms with Crippen LogP contribution in [0.15, 0.2) is 19.0 Å². The van der Waals surface area contributed by atoms with Crippen LogP contribution in [0, 0.1) is 0 Å². The fraction of sp³-hybridized carbons (Fsp3) is 0.286. The number of aromatic amines is 1. The van der Waals surface area contributed by atoms with Crippen molar-refractivity contribution in [3.8, 4) is 0 Å². The highest BCUT2D eigenvalue weighted by Crippen LogP contribution is 2.10. The molecule has 3 heteroatoms. The summed E-state index contributed by atoms with van der Waals surface area (Å²) in [6, 6.07) is 0. The molecule has 0 saturated heterocycles. The van der Waals surface area contributed by atoms with Crippen LogP contribution in [-0.2, 0) is 6.42 Å². The third kappa shape index (κ3) is 1.18. The van der Waals surface area contributed by atoms with E-state index < -0.39 is 0 Å². The first-order chi connectivity index (χ1) is 4.88. The van der Waals surface area contributed by atoms with Crippen LogP contribution in [0.4, 0.5) is 5.69 Å². The summed E-state index contributed by atoms with van der Waals surface area (Å²) in [5.74, 6) is 0. The molecular formula is C7H11N3. The van der Waals surface area contributed by atoms with Crippen LogP contribution < -0.4 is 5.32 Å². The molecule has 2 N–H and O–H groups in total. The van der Waals surface area contributed by atoms with Gasteiger partial charge in [0.15, 0.2) is 0 Å². The Balaban J connectivity index is 2.79. The molecule has 1 rings (SSSR count). The van der Waals surface area contributed by atoms with Gasteiger partial charge in [0.25, 0.3) is 0 Å². The van der Waals surface area contributed by atoms with E-state index in [9.17, 15) is 0 Å². The number of nitrogens with one attached hydrogen (secondary N) is 2. The van der Waals surface area contributed by atoms with E-state index >= 15 is 0 Å². The average molecular weight is 137 g/mol. The molecule has 1 aromatic rings. The van der Waals surface area contributed by atoms with Gasteiger partial charge in [-0.05, 0) is 12.6 Å². The molecule has 0 radical (unpaired) electrons. The van der Waals surface area contributed by atoms with E-state index in [0.717, 1.165) is 17.8 Å². The summed E-state index contributed by atoms with van der Waals surface area (Å²) in [5.41, 5.74) is 2.12. The quantitative estimate of drug-likeness (QED) is 0.663. The number of rotatable bonds is 3. The van der Waals surface area contributed by atoms with E-state index in [2.05, 4.69) is 29.0 Å². The summed E-state index contributed by atoms with van der Waals surface area (Å²) in [5, 5.41) is 9.73. The predicted molar refractivity (Wildman–Crippen MR) is 41.8 cm³/mol. The van der Waals surface area contributed by atoms with Crippen molar-refractivity contribution >= 4 is 5.69 Å². The smallest absolute Gasteiger partial charge is 0.0795 e. The van der Waals surface area contributed by atoms with Crippen molar-refractivity contribution in [3.05, 3.63) is 24.7 Å². The maximum atomic E-state index is 3.88. The lowest BCUT2D eigenvalue weighted by Crippen LogP contribution is -1.89. The van der Waals surface area contributed by atoms with Crippen LogP contribution in [-0.4, -0.2) is 10.2 Å². The van der Waals surface area contributed by atoms with Gasteiger partial charge in [-0.1, -0.05) is 13.5 Å². The van der Waals surface area contributed by atoms with E-state index in [-0.39, 0.29) is 0 Å². The maximum Gasteiger partial charge on any atom is 0.0795 e. The zero-order valence-electron chi connectivity index (χ0n) is 6.02. The van der Waals surface area contributed by atoms with Crippen LogP contribution in [0.5, 0.6) is 0 Å². The second-order valence-electron chi connectivity index (χ2n) is 1.96. The minimum absolute atomic E-state index is 0.955. The van der Waals surface area contributed by atoms with Gasteiger partial charge in [-0.3, -0.25) is 5.10 Å². The van der Waals surface area contributed by atoms with Gasteiger partial charge in [0, 0.05) is 0 Å². The lowest BCUT2D eigenvalue weighted by Gasteiger charge is -1.96. The molecule has 10 heavy (non-hydrogen) atoms. The van der Waals surface area contributed by atoms with Gasteiger partial charge in [0.2, 0.25) is 0 Å². The number of H-pyrrole nitrogens is 1. The lowest BCUT2D eigenvalue weighted by atomic mass is 10.3. The summed E-state index contributed by atoms with van der Waals surface area (Å²) in [4.78, 5) is 0. The van der Waals surface area contributed by atoms with Crippen molar-refractivity contribution in [2.75, 3.05) is 5.32 Å². The summed E-state index contributed by atoms with van der Waals surface area (Å²) in [6.45, 7) is 5.63. The Morgan fingerprint density at radius 2 is 2.70 bits per heavy atom. The molecule has 0 aromatic carbocycles. The number of hydrogen-bond donors (Lipinski definition) is 2. The van der Waals surface area contributed by atoms with E-state index in [1.54, 1.807) is 12.4 Å². The third-order valence-corrected chi connectivity index (χ3v) is 1.33. The molecule has 1 heterocycles. The molecule has 0 saturated carbocycles. The van der Waals surface area contributed by atoms with Crippen molar-refractivity contribution < 1.29 is 0 Å². The minimum Gasteiger partial charge on any atom is -0.360 e. The Kier molecular flexibility index (Phi) is 2.10. The Morgan fingerprint density at radius 1 is 1.90 bits per heavy atom. The Hall–Kier alpha value is -1.25. The molecule has 0 aliphatic heterocycles. The van der Waals surface area contributed by atoms with E-state index in [1.165, 1.54) is 0 Å². The fourth-order valence-electron chi connectivity index (χ4n) is 0.817. The van der Waals surface area contributed by atoms with Gasteiger partial charge in [-0.15, -0.1) is 0 Å². The van der Waals surface area contributed by atoms with E-state index in [1.807, 2.05) is 0 Å². The number of aromatic nitrogens is 2. The molecule has 54 valence electrons. The summed E-state index contributed by atoms with van der Waals surface area (Å²) in [6.07, 6.45) is 4.35. The van der Waals surface area contributed by atoms with E-state index in [4.69, 9.17) is 0 Å². The van der Waals surface area contributed by atoms with Crippen LogP contribution in [0.2, 0.25) is 0 Å². The molecule has 3 nitrogen and oxygen atoms in total. The van der Waals surface area contributed by atoms with Crippen LogP contribution in [0.25, 0.3) is 0 Å². The summed E-state index contributed by atoms with van der Waals surface area (Å²) >= 11 is 0. The van der Waals surface area contributed by atoms with E-state index in [0.29, 0.717) is 0 Å². The number of aryl methyl sites for hydroxylation is 1. The number of anilines is 1. The summed E-state index contributed by atoms with van der Waals surface area (Å²) < 4.78 is 0. The third-order valence-electron chi connectivity index (χ3n) is 1.33. The average Bonchev–Trinajstić information content (AvgIpc) is 2.36. The molecule has 0 fully saturated rings. The van der Waals surface area contributed by atoms with Gasteiger partial charge in [-0.2, -0.15) is 5.10 Å². The zero-order chi connectivity index (χ0) is 7.40. The Bertz CT molecular complexity index is 214. The number of nitrogens with zero attached hydrogens (tertiary/aromatic N) is 1. The molecule has 1 aromatic heterocycles. The zero-order valence-corrected chi connectivity index (χ0v) is 6.02. The fourth-order valence-corrected chi connectivity index (χ4v) is 0.817. The van der Waals surface area contributed by atoms with Crippen molar-refractivity contribution in [3.63, 3.8) is 0 Å². The first kappa shape index (κ1) is 6.86. The standard InChI is InChI=1S/C7H11N3/c1-3-6-7(8-4-2)5-9-10-6/h4-5,8H,2-3H2,1H3,(H,9,10). The normalized spacial score (nSPS) is 9.30. The van der Waals surface area contributed by atoms with Crippen LogP contribution in [0.3, 0.4) is 0 Å². The van der Waals surface area contributed by atoms with Crippen molar-refractivity contribution in [1.29, 1.82) is 0 Å². The molecule has 0 spiro atoms. The molecule has 0 bridgehead atoms.